The number of alkyl halides is 3. The third-order valence-corrected chi connectivity index (χ3v) is 10.5. The molecular weight excluding hydrogens is 541 g/mol. The molecule has 1 N–H and O–H groups in total. The Morgan fingerprint density at radius 3 is 2.28 bits per heavy atom. The maximum absolute atomic E-state index is 12.9. The molecule has 210 valence electrons. The number of aromatic nitrogens is 3. The lowest BCUT2D eigenvalue weighted by atomic mass is 9.60. The Bertz CT molecular complexity index is 1430. The lowest BCUT2D eigenvalue weighted by Crippen LogP contribution is -2.76. The zero-order valence-electron chi connectivity index (χ0n) is 20.8. The van der Waals surface area contributed by atoms with Crippen molar-refractivity contribution in [2.24, 2.45) is 10.8 Å². The highest BCUT2D eigenvalue weighted by Gasteiger charge is 2.60. The van der Waals surface area contributed by atoms with Gasteiger partial charge in [0.2, 0.25) is 10.0 Å². The molecule has 5 fully saturated rings. The standard InChI is InChI=1S/C24H27F3N6O5S/c25-24(26,27)38-17-2-1-3-18(6-17)39(36,37)32-13-22(14-32)11-31(12-22)20(34)30-9-21(10-30)7-16(8-21)33-15-28-19(29-33)23(35)4-5-23/h1-3,6,15-16,35H,4-5,7-14H2. The van der Waals surface area contributed by atoms with Crippen molar-refractivity contribution in [2.45, 2.75) is 48.6 Å². The van der Waals surface area contributed by atoms with Crippen LogP contribution in [0.3, 0.4) is 0 Å². The van der Waals surface area contributed by atoms with Crippen LogP contribution in [0.1, 0.15) is 37.5 Å². The van der Waals surface area contributed by atoms with Gasteiger partial charge in [0, 0.05) is 56.2 Å². The van der Waals surface area contributed by atoms with E-state index in [1.54, 1.807) is 11.2 Å². The number of amides is 2. The van der Waals surface area contributed by atoms with Crippen LogP contribution in [0.15, 0.2) is 35.5 Å². The van der Waals surface area contributed by atoms with Gasteiger partial charge in [0.05, 0.1) is 10.9 Å². The fourth-order valence-electron chi connectivity index (χ4n) is 6.44. The average molecular weight is 569 g/mol. The summed E-state index contributed by atoms with van der Waals surface area (Å²) in [6, 6.07) is 4.54. The third kappa shape index (κ3) is 4.16. The van der Waals surface area contributed by atoms with Crippen LogP contribution < -0.4 is 4.74 Å². The maximum Gasteiger partial charge on any atom is 0.573 e. The van der Waals surface area contributed by atoms with Crippen LogP contribution in [0.4, 0.5) is 18.0 Å². The van der Waals surface area contributed by atoms with E-state index >= 15 is 0 Å². The quantitative estimate of drug-likeness (QED) is 0.585. The van der Waals surface area contributed by atoms with Crippen molar-refractivity contribution in [3.8, 4) is 5.75 Å². The number of likely N-dealkylation sites (tertiary alicyclic amines) is 2. The summed E-state index contributed by atoms with van der Waals surface area (Å²) in [5.74, 6) is -0.0981. The molecule has 1 aromatic heterocycles. The average Bonchev–Trinajstić information content (AvgIpc) is 3.29. The molecule has 0 unspecified atom stereocenters. The molecule has 1 aromatic carbocycles. The number of ether oxygens (including phenoxy) is 1. The van der Waals surface area contributed by atoms with Gasteiger partial charge in [0.1, 0.15) is 17.7 Å². The van der Waals surface area contributed by atoms with Crippen LogP contribution in [-0.4, -0.2) is 94.1 Å². The predicted molar refractivity (Wildman–Crippen MR) is 127 cm³/mol. The molecule has 2 amide bonds. The van der Waals surface area contributed by atoms with Crippen molar-refractivity contribution in [1.29, 1.82) is 0 Å². The first kappa shape index (κ1) is 25.1. The topological polar surface area (TPSA) is 121 Å². The second kappa shape index (κ2) is 7.85. The summed E-state index contributed by atoms with van der Waals surface area (Å²) < 4.78 is 70.3. The zero-order chi connectivity index (χ0) is 27.4. The molecule has 2 aliphatic carbocycles. The molecule has 3 aliphatic heterocycles. The Morgan fingerprint density at radius 2 is 1.67 bits per heavy atom. The number of carbonyl (C=O) groups excluding carboxylic acids is 1. The summed E-state index contributed by atoms with van der Waals surface area (Å²) in [4.78, 5) is 20.5. The van der Waals surface area contributed by atoms with Crippen molar-refractivity contribution in [2.75, 3.05) is 39.3 Å². The number of nitrogens with zero attached hydrogens (tertiary/aromatic N) is 6. The summed E-state index contributed by atoms with van der Waals surface area (Å²) in [5, 5.41) is 14.6. The van der Waals surface area contributed by atoms with E-state index in [0.717, 1.165) is 25.0 Å². The van der Waals surface area contributed by atoms with Gasteiger partial charge >= 0.3 is 12.4 Å². The molecule has 0 bridgehead atoms. The molecule has 0 atom stereocenters. The van der Waals surface area contributed by atoms with E-state index in [1.807, 2.05) is 9.58 Å². The first-order valence-electron chi connectivity index (χ1n) is 12.8. The van der Waals surface area contributed by atoms with Gasteiger partial charge < -0.3 is 19.6 Å². The van der Waals surface area contributed by atoms with Crippen LogP contribution in [0.5, 0.6) is 5.75 Å². The fraction of sp³-hybridized carbons (Fsp3) is 0.625. The van der Waals surface area contributed by atoms with E-state index in [1.165, 1.54) is 16.4 Å². The fourth-order valence-corrected chi connectivity index (χ4v) is 8.14. The number of rotatable bonds is 5. The number of carbonyl (C=O) groups is 1. The highest BCUT2D eigenvalue weighted by atomic mass is 32.2. The van der Waals surface area contributed by atoms with E-state index in [9.17, 15) is 31.5 Å². The van der Waals surface area contributed by atoms with Crippen molar-refractivity contribution in [3.05, 3.63) is 36.4 Å². The maximum atomic E-state index is 12.9. The normalized spacial score (nSPS) is 25.0. The first-order chi connectivity index (χ1) is 18.3. The Balaban J connectivity index is 0.881. The molecule has 11 nitrogen and oxygen atoms in total. The van der Waals surface area contributed by atoms with Crippen LogP contribution in [-0.2, 0) is 15.6 Å². The van der Waals surface area contributed by atoms with Crippen molar-refractivity contribution >= 4 is 16.1 Å². The number of halogens is 3. The van der Waals surface area contributed by atoms with Crippen LogP contribution in [0.2, 0.25) is 0 Å². The smallest absolute Gasteiger partial charge is 0.406 e. The Labute approximate surface area is 222 Å². The molecule has 7 rings (SSSR count). The number of hydrogen-bond acceptors (Lipinski definition) is 7. The minimum atomic E-state index is -4.91. The van der Waals surface area contributed by atoms with Crippen LogP contribution in [0.25, 0.3) is 0 Å². The molecule has 15 heteroatoms. The van der Waals surface area contributed by atoms with Gasteiger partial charge in [-0.15, -0.1) is 13.2 Å². The molecule has 3 saturated heterocycles. The summed E-state index contributed by atoms with van der Waals surface area (Å²) in [6.07, 6.45) is -0.0258. The number of benzene rings is 1. The second-order valence-corrected chi connectivity index (χ2v) is 13.9. The monoisotopic (exact) mass is 568 g/mol. The van der Waals surface area contributed by atoms with Gasteiger partial charge in [-0.3, -0.25) is 0 Å². The second-order valence-electron chi connectivity index (χ2n) is 11.9. The van der Waals surface area contributed by atoms with Gasteiger partial charge in [-0.05, 0) is 37.8 Å². The lowest BCUT2D eigenvalue weighted by molar-refractivity contribution is -0.274. The SMILES string of the molecule is O=C(N1CC2(CC(n3cnc(C4(O)CC4)n3)C2)C1)N1CC2(C1)CN(S(=O)(=O)c1cccc(OC(F)(F)F)c1)C2. The van der Waals surface area contributed by atoms with E-state index in [4.69, 9.17) is 0 Å². The summed E-state index contributed by atoms with van der Waals surface area (Å²) in [6.45, 7) is 2.67. The number of aliphatic hydroxyl groups is 1. The number of sulfonamides is 1. The van der Waals surface area contributed by atoms with Gasteiger partial charge in [0.15, 0.2) is 5.82 Å². The van der Waals surface area contributed by atoms with Gasteiger partial charge in [-0.2, -0.15) is 9.40 Å². The van der Waals surface area contributed by atoms with Crippen molar-refractivity contribution < 1.29 is 36.2 Å². The van der Waals surface area contributed by atoms with Crippen molar-refractivity contribution in [1.82, 2.24) is 28.9 Å². The number of urea groups is 1. The van der Waals surface area contributed by atoms with Crippen LogP contribution in [0, 0.1) is 10.8 Å². The molecular formula is C24H27F3N6O5S. The number of hydrogen-bond donors (Lipinski definition) is 1. The molecule has 2 saturated carbocycles. The van der Waals surface area contributed by atoms with Gasteiger partial charge in [-0.25, -0.2) is 22.9 Å². The molecule has 0 radical (unpaired) electrons. The van der Waals surface area contributed by atoms with E-state index < -0.39 is 27.7 Å². The molecule has 2 aromatic rings. The zero-order valence-corrected chi connectivity index (χ0v) is 21.7. The highest BCUT2D eigenvalue weighted by molar-refractivity contribution is 7.89. The van der Waals surface area contributed by atoms with Crippen LogP contribution >= 0.6 is 0 Å². The van der Waals surface area contributed by atoms with E-state index in [-0.39, 0.29) is 40.9 Å². The summed E-state index contributed by atoms with van der Waals surface area (Å²) >= 11 is 0. The highest BCUT2D eigenvalue weighted by Crippen LogP contribution is 2.55. The lowest BCUT2D eigenvalue weighted by Gasteiger charge is -2.63. The minimum Gasteiger partial charge on any atom is -0.406 e. The van der Waals surface area contributed by atoms with Gasteiger partial charge in [-0.1, -0.05) is 6.07 Å². The minimum absolute atomic E-state index is 0.0491. The molecule has 4 heterocycles. The van der Waals surface area contributed by atoms with Gasteiger partial charge in [0.25, 0.3) is 0 Å². The first-order valence-corrected chi connectivity index (χ1v) is 14.3. The Kier molecular flexibility index (Phi) is 5.05. The molecule has 2 spiro atoms. The molecule has 39 heavy (non-hydrogen) atoms. The largest absolute Gasteiger partial charge is 0.573 e. The van der Waals surface area contributed by atoms with E-state index in [2.05, 4.69) is 14.8 Å². The third-order valence-electron chi connectivity index (χ3n) is 8.71. The van der Waals surface area contributed by atoms with Crippen molar-refractivity contribution in [3.63, 3.8) is 0 Å². The van der Waals surface area contributed by atoms with E-state index in [0.29, 0.717) is 44.8 Å². The summed E-state index contributed by atoms with van der Waals surface area (Å²) in [5.41, 5.74) is -1.07. The summed E-state index contributed by atoms with van der Waals surface area (Å²) in [7, 11) is -3.97. The molecule has 5 aliphatic rings. The Hall–Kier alpha value is -2.91. The Morgan fingerprint density at radius 1 is 1.03 bits per heavy atom. The predicted octanol–water partition coefficient (Wildman–Crippen LogP) is 1.92.